The first-order valence-corrected chi connectivity index (χ1v) is 19.7. The van der Waals surface area contributed by atoms with Crippen molar-refractivity contribution in [2.45, 2.75) is 111 Å². The monoisotopic (exact) mass is 652 g/mol. The minimum atomic E-state index is -2.51. The van der Waals surface area contributed by atoms with E-state index in [9.17, 15) is 0 Å². The Morgan fingerprint density at radius 3 is 2.00 bits per heavy atom. The van der Waals surface area contributed by atoms with Crippen molar-refractivity contribution in [2.75, 3.05) is 13.7 Å². The van der Waals surface area contributed by atoms with Crippen LogP contribution in [0.1, 0.15) is 99.0 Å². The molecule has 3 nitrogen and oxygen atoms in total. The molecular formula is C43H60O3Si. The fourth-order valence-electron chi connectivity index (χ4n) is 7.47. The lowest BCUT2D eigenvalue weighted by Gasteiger charge is -2.46. The molecule has 0 N–H and O–H groups in total. The van der Waals surface area contributed by atoms with Crippen LogP contribution in [0.2, 0.25) is 5.04 Å². The van der Waals surface area contributed by atoms with E-state index in [4.69, 9.17) is 13.9 Å². The smallest absolute Gasteiger partial charge is 0.261 e. The molecule has 0 aliphatic heterocycles. The van der Waals surface area contributed by atoms with Crippen LogP contribution in [0, 0.1) is 11.3 Å². The van der Waals surface area contributed by atoms with Crippen LogP contribution in [0.25, 0.3) is 0 Å². The second-order valence-corrected chi connectivity index (χ2v) is 19.4. The number of ether oxygens (including phenoxy) is 2. The van der Waals surface area contributed by atoms with Crippen LogP contribution in [-0.2, 0) is 15.8 Å². The Kier molecular flexibility index (Phi) is 13.3. The first-order valence-electron chi connectivity index (χ1n) is 17.8. The lowest BCUT2D eigenvalue weighted by Crippen LogP contribution is -2.66. The van der Waals surface area contributed by atoms with Crippen LogP contribution in [-0.4, -0.2) is 28.1 Å². The van der Waals surface area contributed by atoms with Crippen molar-refractivity contribution in [1.29, 1.82) is 0 Å². The Morgan fingerprint density at radius 1 is 0.830 bits per heavy atom. The summed E-state index contributed by atoms with van der Waals surface area (Å²) in [5.41, 5.74) is 4.29. The molecule has 3 atom stereocenters. The molecule has 0 aromatic heterocycles. The summed E-state index contributed by atoms with van der Waals surface area (Å²) in [4.78, 5) is 0. The summed E-state index contributed by atoms with van der Waals surface area (Å²) >= 11 is 0. The zero-order valence-electron chi connectivity index (χ0n) is 30.5. The highest BCUT2D eigenvalue weighted by Gasteiger charge is 2.50. The quantitative estimate of drug-likeness (QED) is 0.121. The maximum Gasteiger partial charge on any atom is 0.261 e. The van der Waals surface area contributed by atoms with Gasteiger partial charge in [0.1, 0.15) is 5.75 Å². The van der Waals surface area contributed by atoms with Gasteiger partial charge in [0.15, 0.2) is 0 Å². The number of rotatable bonds is 15. The molecule has 0 saturated heterocycles. The summed E-state index contributed by atoms with van der Waals surface area (Å²) in [7, 11) is -0.802. The fourth-order valence-corrected chi connectivity index (χ4v) is 12.0. The lowest BCUT2D eigenvalue weighted by molar-refractivity contribution is -0.0958. The highest BCUT2D eigenvalue weighted by atomic mass is 28.4. The molecular weight excluding hydrogens is 593 g/mol. The molecule has 1 aliphatic carbocycles. The largest absolute Gasteiger partial charge is 0.497 e. The number of benzene rings is 3. The standard InChI is InChI=1S/C43H60O3Si/c1-34(29-31-43(7)36(3)19-16-24-41(43)45-33-37-25-27-38(44-8)28-26-37)17-15-18-35(2)30-32-46-47(42(4,5)6,39-20-11-9-12-21-39)40-22-13-10-14-23-40/h9-14,17,20-23,25-28,30,36,41H,15-16,18-19,24,29,31-33H2,1-8H3/b34-17+,35-30+/t36-,41+,43+/m1/s1. The lowest BCUT2D eigenvalue weighted by atomic mass is 9.63. The summed E-state index contributed by atoms with van der Waals surface area (Å²) in [6, 6.07) is 30.1. The zero-order chi connectivity index (χ0) is 33.9. The molecule has 0 radical (unpaired) electrons. The number of hydrogen-bond donors (Lipinski definition) is 0. The Labute approximate surface area is 287 Å². The normalized spacial score (nSPS) is 21.1. The van der Waals surface area contributed by atoms with Crippen LogP contribution in [0.15, 0.2) is 108 Å². The van der Waals surface area contributed by atoms with Crippen molar-refractivity contribution in [3.63, 3.8) is 0 Å². The minimum Gasteiger partial charge on any atom is -0.497 e. The van der Waals surface area contributed by atoms with Crippen molar-refractivity contribution < 1.29 is 13.9 Å². The van der Waals surface area contributed by atoms with Gasteiger partial charge in [0.25, 0.3) is 8.32 Å². The molecule has 3 aromatic carbocycles. The average molecular weight is 653 g/mol. The summed E-state index contributed by atoms with van der Waals surface area (Å²) in [6.07, 6.45) is 13.2. The van der Waals surface area contributed by atoms with Crippen LogP contribution >= 0.6 is 0 Å². The number of hydrogen-bond acceptors (Lipinski definition) is 3. The van der Waals surface area contributed by atoms with E-state index in [1.807, 2.05) is 12.1 Å². The van der Waals surface area contributed by atoms with Crippen molar-refractivity contribution in [2.24, 2.45) is 11.3 Å². The predicted octanol–water partition coefficient (Wildman–Crippen LogP) is 10.4. The van der Waals surface area contributed by atoms with E-state index in [-0.39, 0.29) is 10.5 Å². The van der Waals surface area contributed by atoms with Gasteiger partial charge in [0.05, 0.1) is 26.4 Å². The molecule has 3 aromatic rings. The van der Waals surface area contributed by atoms with Crippen LogP contribution in [0.3, 0.4) is 0 Å². The predicted molar refractivity (Wildman–Crippen MR) is 202 cm³/mol. The molecule has 1 fully saturated rings. The maximum absolute atomic E-state index is 7.09. The van der Waals surface area contributed by atoms with E-state index in [0.29, 0.717) is 25.2 Å². The van der Waals surface area contributed by atoms with E-state index in [1.165, 1.54) is 46.3 Å². The SMILES string of the molecule is COc1ccc(CO[C@H]2CCC[C@@H](C)[C@]2(C)CC/C(C)=C/CC/C(C)=C/CO[Si](c2ccccc2)(c2ccccc2)C(C)(C)C)cc1. The second kappa shape index (κ2) is 17.0. The van der Waals surface area contributed by atoms with Gasteiger partial charge in [0, 0.05) is 0 Å². The van der Waals surface area contributed by atoms with Crippen LogP contribution in [0.4, 0.5) is 0 Å². The van der Waals surface area contributed by atoms with Gasteiger partial charge in [-0.15, -0.1) is 0 Å². The highest BCUT2D eigenvalue weighted by molar-refractivity contribution is 6.99. The third-order valence-corrected chi connectivity index (χ3v) is 15.8. The molecule has 47 heavy (non-hydrogen) atoms. The number of allylic oxidation sites excluding steroid dienone is 3. The molecule has 1 aliphatic rings. The average Bonchev–Trinajstić information content (AvgIpc) is 3.07. The first kappa shape index (κ1) is 36.9. The van der Waals surface area contributed by atoms with Gasteiger partial charge >= 0.3 is 0 Å². The Bertz CT molecular complexity index is 1380. The molecule has 254 valence electrons. The Morgan fingerprint density at radius 2 is 1.43 bits per heavy atom. The van der Waals surface area contributed by atoms with Gasteiger partial charge in [-0.3, -0.25) is 0 Å². The first-order chi connectivity index (χ1) is 22.5. The fraction of sp³-hybridized carbons (Fsp3) is 0.488. The molecule has 0 bridgehead atoms. The van der Waals surface area contributed by atoms with Gasteiger partial charge in [-0.1, -0.05) is 137 Å². The summed E-state index contributed by atoms with van der Waals surface area (Å²) in [5, 5.41) is 2.65. The van der Waals surface area contributed by atoms with Crippen molar-refractivity contribution in [3.8, 4) is 5.75 Å². The van der Waals surface area contributed by atoms with Gasteiger partial charge in [-0.2, -0.15) is 0 Å². The zero-order valence-corrected chi connectivity index (χ0v) is 31.5. The Balaban J connectivity index is 1.33. The van der Waals surface area contributed by atoms with E-state index < -0.39 is 8.32 Å². The molecule has 0 amide bonds. The van der Waals surface area contributed by atoms with Gasteiger partial charge in [0.2, 0.25) is 0 Å². The second-order valence-electron chi connectivity index (χ2n) is 15.1. The Hall–Kier alpha value is -2.92. The summed E-state index contributed by atoms with van der Waals surface area (Å²) in [5.74, 6) is 1.55. The molecule has 0 unspecified atom stereocenters. The molecule has 0 heterocycles. The van der Waals surface area contributed by atoms with Gasteiger partial charge < -0.3 is 13.9 Å². The van der Waals surface area contributed by atoms with Crippen LogP contribution < -0.4 is 15.1 Å². The summed E-state index contributed by atoms with van der Waals surface area (Å²) in [6.45, 7) is 17.8. The van der Waals surface area contributed by atoms with Crippen LogP contribution in [0.5, 0.6) is 5.75 Å². The van der Waals surface area contributed by atoms with E-state index in [2.05, 4.69) is 133 Å². The third-order valence-electron chi connectivity index (χ3n) is 10.8. The maximum atomic E-state index is 7.09. The minimum absolute atomic E-state index is 0.0104. The third kappa shape index (κ3) is 9.37. The molecule has 4 heteroatoms. The molecule has 1 saturated carbocycles. The van der Waals surface area contributed by atoms with E-state index in [1.54, 1.807) is 7.11 Å². The highest BCUT2D eigenvalue weighted by Crippen LogP contribution is 2.47. The van der Waals surface area contributed by atoms with Crippen molar-refractivity contribution in [3.05, 3.63) is 114 Å². The van der Waals surface area contributed by atoms with E-state index in [0.717, 1.165) is 31.4 Å². The topological polar surface area (TPSA) is 27.7 Å². The molecule has 4 rings (SSSR count). The summed E-state index contributed by atoms with van der Waals surface area (Å²) < 4.78 is 19.0. The van der Waals surface area contributed by atoms with Gasteiger partial charge in [-0.25, -0.2) is 0 Å². The van der Waals surface area contributed by atoms with Gasteiger partial charge in [-0.05, 0) is 96.8 Å². The van der Waals surface area contributed by atoms with Crippen molar-refractivity contribution in [1.82, 2.24) is 0 Å². The van der Waals surface area contributed by atoms with E-state index >= 15 is 0 Å². The number of methoxy groups -OCH3 is 1. The van der Waals surface area contributed by atoms with Crippen molar-refractivity contribution >= 4 is 18.7 Å². The molecule has 0 spiro atoms.